The van der Waals surface area contributed by atoms with Gasteiger partial charge in [-0.15, -0.1) is 23.5 Å². The summed E-state index contributed by atoms with van der Waals surface area (Å²) in [4.78, 5) is 97.3. The Hall–Kier alpha value is -8.01. The van der Waals surface area contributed by atoms with Crippen LogP contribution in [0.1, 0.15) is 138 Å². The molecule has 0 aromatic heterocycles. The van der Waals surface area contributed by atoms with Crippen LogP contribution in [0.5, 0.6) is 11.5 Å². The second-order valence-electron chi connectivity index (χ2n) is 24.4. The van der Waals surface area contributed by atoms with Gasteiger partial charge in [-0.3, -0.25) is 33.6 Å². The number of aliphatic hydroxyl groups is 3. The van der Waals surface area contributed by atoms with Gasteiger partial charge in [0.05, 0.1) is 35.9 Å². The lowest BCUT2D eigenvalue weighted by Gasteiger charge is -2.35. The van der Waals surface area contributed by atoms with E-state index in [9.17, 15) is 48.9 Å². The fourth-order valence-corrected chi connectivity index (χ4v) is 14.8. The van der Waals surface area contributed by atoms with E-state index < -0.39 is 75.5 Å². The summed E-state index contributed by atoms with van der Waals surface area (Å²) < 4.78 is 4.04. The number of carbonyl (C=O) groups is 7. The standard InChI is InChI=1S/C36H41N3O6S.C34H39N3O5S.CH4O/c1-22-26(17-11-19-30(22)45-23(2)40)33(42)38-29(20-24-12-6-5-7-13-24)31(41)35(44)39-21-46-36(3,4)32(39)34(43)37-28-18-10-15-25-14-8-9-16-27(25)28;1-21-24(16-10-18-28(21)38)31(40)36-27(19-22-11-5-4-6-12-22)29(39)33(42)37-20-43-34(2,3)30(37)32(41)35-26-17-9-14-23-13-7-8-15-25(23)26;1-2/h5-9,11-14,16-17,19,28-29,31-32,41H,10,15,18,20-21H2,1-4H3,(H,37,43)(H,38,42);4-8,10-13,15-16,18,26-27,29-30,38-39H,9,14,17,19-20H2,1-3H3,(H,35,41)(H,36,40);2H,1H3/t28-,29-,31-,32+;26-,27-,29-,30+;/m00./s1. The quantitative estimate of drug-likeness (QED) is 0.0315. The summed E-state index contributed by atoms with van der Waals surface area (Å²) in [6.07, 6.45) is 2.60. The number of phenolic OH excluding ortho intramolecular Hbond substituents is 1. The molecule has 8 atom stereocenters. The zero-order valence-corrected chi connectivity index (χ0v) is 54.4. The first-order valence-corrected chi connectivity index (χ1v) is 32.7. The van der Waals surface area contributed by atoms with Crippen LogP contribution in [0.25, 0.3) is 0 Å². The minimum absolute atomic E-state index is 0.0188. The van der Waals surface area contributed by atoms with Crippen molar-refractivity contribution in [3.8, 4) is 11.5 Å². The van der Waals surface area contributed by atoms with Crippen LogP contribution in [-0.2, 0) is 49.7 Å². The fraction of sp³-hybridized carbons (Fsp3) is 0.394. The van der Waals surface area contributed by atoms with E-state index in [4.69, 9.17) is 9.84 Å². The SMILES string of the molecule is CC(=O)Oc1cccc(C(=O)N[C@@H](Cc2ccccc2)[C@H](O)C(=O)N2CSC(C)(C)[C@H]2C(=O)N[C@H]2CCCc3ccccc32)c1C.CO.Cc1c(O)cccc1C(=O)N[C@@H](Cc1ccccc1)[C@H](O)C(=O)N1CSC(C)(C)[C@H]1C(=O)N[C@H]1CCCc2ccccc21. The Bertz CT molecular complexity index is 3570. The molecule has 6 aromatic carbocycles. The zero-order valence-electron chi connectivity index (χ0n) is 52.8. The van der Waals surface area contributed by atoms with Crippen LogP contribution < -0.4 is 26.0 Å². The van der Waals surface area contributed by atoms with Crippen LogP contribution >= 0.6 is 23.5 Å². The molecule has 4 aliphatic rings. The number of rotatable bonds is 17. The summed E-state index contributed by atoms with van der Waals surface area (Å²) in [6.45, 7) is 12.3. The molecular formula is C71H84N6O12S2. The third-order valence-electron chi connectivity index (χ3n) is 17.4. The lowest BCUT2D eigenvalue weighted by atomic mass is 9.87. The summed E-state index contributed by atoms with van der Waals surface area (Å²) >= 11 is 2.96. The maximum absolute atomic E-state index is 14.1. The number of esters is 1. The molecule has 0 unspecified atom stereocenters. The zero-order chi connectivity index (χ0) is 65.7. The molecule has 8 N–H and O–H groups in total. The molecule has 10 rings (SSSR count). The highest BCUT2D eigenvalue weighted by molar-refractivity contribution is 8.01. The molecule has 2 saturated heterocycles. The van der Waals surface area contributed by atoms with Gasteiger partial charge in [-0.1, -0.05) is 121 Å². The van der Waals surface area contributed by atoms with Crippen LogP contribution in [0.4, 0.5) is 0 Å². The van der Waals surface area contributed by atoms with Gasteiger partial charge >= 0.3 is 5.97 Å². The fourth-order valence-electron chi connectivity index (χ4n) is 12.5. The van der Waals surface area contributed by atoms with Gasteiger partial charge in [0.1, 0.15) is 23.6 Å². The number of aryl methyl sites for hydroxylation is 2. The van der Waals surface area contributed by atoms with Crippen LogP contribution in [0.15, 0.2) is 146 Å². The van der Waals surface area contributed by atoms with Gasteiger partial charge in [0.15, 0.2) is 12.2 Å². The van der Waals surface area contributed by atoms with Gasteiger partial charge in [0, 0.05) is 45.8 Å². The molecule has 0 radical (unpaired) electrons. The number of carbonyl (C=O) groups excluding carboxylic acids is 7. The van der Waals surface area contributed by atoms with Crippen molar-refractivity contribution >= 4 is 64.9 Å². The summed E-state index contributed by atoms with van der Waals surface area (Å²) in [7, 11) is 1.00. The molecule has 2 aliphatic carbocycles. The van der Waals surface area contributed by atoms with Crippen LogP contribution in [0.2, 0.25) is 0 Å². The smallest absolute Gasteiger partial charge is 0.308 e. The molecule has 2 fully saturated rings. The third-order valence-corrected chi connectivity index (χ3v) is 20.1. The number of aliphatic hydroxyl groups excluding tert-OH is 3. The number of hydrogen-bond donors (Lipinski definition) is 8. The predicted molar refractivity (Wildman–Crippen MR) is 353 cm³/mol. The Morgan fingerprint density at radius 2 is 0.945 bits per heavy atom. The molecule has 20 heteroatoms. The molecule has 0 saturated carbocycles. The van der Waals surface area contributed by atoms with E-state index in [-0.39, 0.29) is 71.1 Å². The minimum Gasteiger partial charge on any atom is -0.508 e. The predicted octanol–water partition coefficient (Wildman–Crippen LogP) is 8.38. The Morgan fingerprint density at radius 1 is 0.549 bits per heavy atom. The van der Waals surface area contributed by atoms with Gasteiger partial charge in [0.2, 0.25) is 11.8 Å². The average molecular weight is 1280 g/mol. The first-order chi connectivity index (χ1) is 43.5. The highest BCUT2D eigenvalue weighted by Crippen LogP contribution is 2.43. The van der Waals surface area contributed by atoms with Crippen molar-refractivity contribution in [1.29, 1.82) is 0 Å². The van der Waals surface area contributed by atoms with Gasteiger partial charge in [0.25, 0.3) is 23.6 Å². The van der Waals surface area contributed by atoms with E-state index in [1.54, 1.807) is 44.2 Å². The highest BCUT2D eigenvalue weighted by Gasteiger charge is 2.52. The molecule has 2 heterocycles. The Balaban J connectivity index is 0.000000229. The van der Waals surface area contributed by atoms with Crippen molar-refractivity contribution in [3.05, 3.63) is 201 Å². The van der Waals surface area contributed by atoms with Crippen molar-refractivity contribution < 1.29 is 58.7 Å². The Kier molecular flexibility index (Phi) is 23.4. The van der Waals surface area contributed by atoms with Crippen molar-refractivity contribution in [2.45, 2.75) is 158 Å². The van der Waals surface area contributed by atoms with E-state index >= 15 is 0 Å². The molecule has 2 aliphatic heterocycles. The topological polar surface area (TPSA) is 264 Å². The first kappa shape index (κ1) is 68.9. The van der Waals surface area contributed by atoms with E-state index in [2.05, 4.69) is 33.4 Å². The number of benzene rings is 6. The van der Waals surface area contributed by atoms with E-state index in [1.165, 1.54) is 57.4 Å². The second kappa shape index (κ2) is 30.9. The lowest BCUT2D eigenvalue weighted by Crippen LogP contribution is -2.59. The molecule has 0 bridgehead atoms. The molecule has 6 amide bonds. The van der Waals surface area contributed by atoms with Crippen LogP contribution in [-0.4, -0.2) is 136 Å². The van der Waals surface area contributed by atoms with E-state index in [0.29, 0.717) is 11.1 Å². The molecule has 18 nitrogen and oxygen atoms in total. The maximum Gasteiger partial charge on any atom is 0.308 e. The number of fused-ring (bicyclic) bond motifs is 2. The summed E-state index contributed by atoms with van der Waals surface area (Å²) in [5.74, 6) is -2.63. The van der Waals surface area contributed by atoms with Gasteiger partial charge < -0.3 is 56.2 Å². The first-order valence-electron chi connectivity index (χ1n) is 30.7. The Labute approximate surface area is 541 Å². The number of thioether (sulfide) groups is 2. The maximum atomic E-state index is 14.1. The average Bonchev–Trinajstić information content (AvgIpc) is 1.70. The van der Waals surface area contributed by atoms with Crippen molar-refractivity contribution in [3.63, 3.8) is 0 Å². The molecule has 91 heavy (non-hydrogen) atoms. The number of ether oxygens (including phenoxy) is 1. The number of phenols is 1. The summed E-state index contributed by atoms with van der Waals surface area (Å²) in [6, 6.07) is 40.3. The number of amides is 6. The van der Waals surface area contributed by atoms with E-state index in [0.717, 1.165) is 67.9 Å². The summed E-state index contributed by atoms with van der Waals surface area (Å²) in [5, 5.41) is 52.4. The number of hydrogen-bond acceptors (Lipinski definition) is 14. The van der Waals surface area contributed by atoms with Crippen molar-refractivity contribution in [2.75, 3.05) is 18.9 Å². The van der Waals surface area contributed by atoms with E-state index in [1.807, 2.05) is 125 Å². The largest absolute Gasteiger partial charge is 0.508 e. The number of nitrogens with one attached hydrogen (secondary N) is 4. The normalized spacial score (nSPS) is 19.8. The van der Waals surface area contributed by atoms with Gasteiger partial charge in [-0.2, -0.15) is 0 Å². The monoisotopic (exact) mass is 1280 g/mol. The lowest BCUT2D eigenvalue weighted by molar-refractivity contribution is -0.147. The van der Waals surface area contributed by atoms with Crippen LogP contribution in [0, 0.1) is 13.8 Å². The summed E-state index contributed by atoms with van der Waals surface area (Å²) in [5.41, 5.74) is 7.64. The van der Waals surface area contributed by atoms with Crippen molar-refractivity contribution in [1.82, 2.24) is 31.1 Å². The van der Waals surface area contributed by atoms with Gasteiger partial charge in [-0.25, -0.2) is 0 Å². The Morgan fingerprint density at radius 3 is 1.37 bits per heavy atom. The second-order valence-corrected chi connectivity index (χ2v) is 27.6. The third kappa shape index (κ3) is 16.6. The van der Waals surface area contributed by atoms with Crippen molar-refractivity contribution in [2.24, 2.45) is 0 Å². The highest BCUT2D eigenvalue weighted by atomic mass is 32.2. The number of aromatic hydroxyl groups is 1. The molecule has 482 valence electrons. The molecular weight excluding hydrogens is 1190 g/mol. The molecule has 0 spiro atoms. The number of nitrogens with zero attached hydrogens (tertiary/aromatic N) is 2. The van der Waals surface area contributed by atoms with Crippen LogP contribution in [0.3, 0.4) is 0 Å². The van der Waals surface area contributed by atoms with Gasteiger partial charge in [-0.05, 0) is 151 Å². The minimum atomic E-state index is -1.64. The molecule has 6 aromatic rings.